The van der Waals surface area contributed by atoms with Gasteiger partial charge in [-0.05, 0) is 44.6 Å². The van der Waals surface area contributed by atoms with Gasteiger partial charge in [-0.25, -0.2) is 8.42 Å². The van der Waals surface area contributed by atoms with Crippen molar-refractivity contribution in [1.29, 1.82) is 0 Å². The van der Waals surface area contributed by atoms with E-state index in [0.29, 0.717) is 46.8 Å². The van der Waals surface area contributed by atoms with E-state index >= 15 is 0 Å². The van der Waals surface area contributed by atoms with Gasteiger partial charge in [0.1, 0.15) is 0 Å². The van der Waals surface area contributed by atoms with Crippen molar-refractivity contribution in [3.63, 3.8) is 0 Å². The first kappa shape index (κ1) is 22.4. The van der Waals surface area contributed by atoms with E-state index in [0.717, 1.165) is 32.4 Å². The molecule has 4 heterocycles. The molecule has 0 saturated carbocycles. The molecule has 0 aromatic carbocycles. The van der Waals surface area contributed by atoms with Crippen LogP contribution < -0.4 is 0 Å². The third kappa shape index (κ3) is 4.56. The third-order valence-corrected chi connectivity index (χ3v) is 9.48. The number of carbonyl (C=O) groups excluding carboxylic acids is 1. The van der Waals surface area contributed by atoms with Gasteiger partial charge in [0, 0.05) is 37.5 Å². The molecule has 0 bridgehead atoms. The van der Waals surface area contributed by atoms with Crippen molar-refractivity contribution in [2.45, 2.75) is 57.8 Å². The molecule has 2 fully saturated rings. The Kier molecular flexibility index (Phi) is 6.50. The van der Waals surface area contributed by atoms with Gasteiger partial charge in [-0.3, -0.25) is 4.79 Å². The highest BCUT2D eigenvalue weighted by atomic mass is 32.2. The van der Waals surface area contributed by atoms with E-state index in [2.05, 4.69) is 17.1 Å². The lowest BCUT2D eigenvalue weighted by atomic mass is 9.94. The average Bonchev–Trinajstić information content (AvgIpc) is 3.40. The molecular weight excluding hydrogens is 436 g/mol. The highest BCUT2D eigenvalue weighted by Crippen LogP contribution is 2.35. The van der Waals surface area contributed by atoms with Crippen molar-refractivity contribution < 1.29 is 17.7 Å². The van der Waals surface area contributed by atoms with E-state index in [1.807, 2.05) is 11.8 Å². The first-order valence-electron chi connectivity index (χ1n) is 11.0. The molecule has 0 N–H and O–H groups in total. The van der Waals surface area contributed by atoms with Crippen LogP contribution in [0.5, 0.6) is 0 Å². The Labute approximate surface area is 187 Å². The molecule has 0 radical (unpaired) electrons. The summed E-state index contributed by atoms with van der Waals surface area (Å²) in [6.07, 6.45) is 4.11. The smallest absolute Gasteiger partial charge is 0.244 e. The maximum Gasteiger partial charge on any atom is 0.244 e. The number of aromatic nitrogens is 2. The number of piperidine rings is 2. The minimum absolute atomic E-state index is 0.105. The molecule has 1 amide bonds. The molecule has 2 aliphatic heterocycles. The summed E-state index contributed by atoms with van der Waals surface area (Å²) in [5, 5.41) is 3.96. The molecule has 0 unspecified atom stereocenters. The van der Waals surface area contributed by atoms with Crippen LogP contribution in [0, 0.1) is 18.8 Å². The SMILES string of the molecule is CCc1nc(-c2cc(S(=O)(=O)N3CCC[C@H](C(=O)N4CCC(C)CC4)C3)c(C)s2)no1. The van der Waals surface area contributed by atoms with Crippen LogP contribution in [0.15, 0.2) is 15.5 Å². The topological polar surface area (TPSA) is 96.6 Å². The lowest BCUT2D eigenvalue weighted by molar-refractivity contribution is -0.138. The highest BCUT2D eigenvalue weighted by molar-refractivity contribution is 7.89. The molecule has 2 aliphatic rings. The number of likely N-dealkylation sites (tertiary alicyclic amines) is 1. The van der Waals surface area contributed by atoms with E-state index in [1.165, 1.54) is 15.6 Å². The molecule has 10 heteroatoms. The summed E-state index contributed by atoms with van der Waals surface area (Å²) >= 11 is 1.35. The van der Waals surface area contributed by atoms with Crippen LogP contribution in [-0.4, -0.2) is 59.8 Å². The van der Waals surface area contributed by atoms with Gasteiger partial charge in [0.15, 0.2) is 0 Å². The Balaban J connectivity index is 1.51. The predicted octanol–water partition coefficient (Wildman–Crippen LogP) is 3.33. The number of hydrogen-bond acceptors (Lipinski definition) is 7. The average molecular weight is 467 g/mol. The minimum Gasteiger partial charge on any atom is -0.342 e. The summed E-state index contributed by atoms with van der Waals surface area (Å²) in [4.78, 5) is 20.9. The van der Waals surface area contributed by atoms with Crippen LogP contribution >= 0.6 is 11.3 Å². The van der Waals surface area contributed by atoms with Crippen molar-refractivity contribution in [1.82, 2.24) is 19.3 Å². The Morgan fingerprint density at radius 2 is 2.00 bits per heavy atom. The quantitative estimate of drug-likeness (QED) is 0.671. The molecule has 8 nitrogen and oxygen atoms in total. The lowest BCUT2D eigenvalue weighted by Gasteiger charge is -2.36. The van der Waals surface area contributed by atoms with Crippen LogP contribution in [0.2, 0.25) is 0 Å². The maximum atomic E-state index is 13.4. The first-order valence-corrected chi connectivity index (χ1v) is 13.3. The molecule has 1 atom stereocenters. The van der Waals surface area contributed by atoms with E-state index in [1.54, 1.807) is 13.0 Å². The Morgan fingerprint density at radius 1 is 1.26 bits per heavy atom. The van der Waals surface area contributed by atoms with E-state index < -0.39 is 10.0 Å². The van der Waals surface area contributed by atoms with Crippen LogP contribution in [-0.2, 0) is 21.2 Å². The standard InChI is InChI=1S/C21H30N4O4S2/c1-4-19-22-20(23-29-19)17-12-18(15(3)30-17)31(27,28)25-9-5-6-16(13-25)21(26)24-10-7-14(2)8-11-24/h12,14,16H,4-11,13H2,1-3H3/t16-/m0/s1. The second-order valence-corrected chi connectivity index (χ2v) is 11.8. The third-order valence-electron chi connectivity index (χ3n) is 6.31. The molecular formula is C21H30N4O4S2. The van der Waals surface area contributed by atoms with Crippen LogP contribution in [0.3, 0.4) is 0 Å². The summed E-state index contributed by atoms with van der Waals surface area (Å²) < 4.78 is 33.5. The zero-order valence-electron chi connectivity index (χ0n) is 18.3. The predicted molar refractivity (Wildman–Crippen MR) is 118 cm³/mol. The van der Waals surface area contributed by atoms with Gasteiger partial charge in [-0.2, -0.15) is 9.29 Å². The Hall–Kier alpha value is -1.78. The first-order chi connectivity index (χ1) is 14.8. The molecule has 170 valence electrons. The van der Waals surface area contributed by atoms with Gasteiger partial charge in [0.2, 0.25) is 27.6 Å². The van der Waals surface area contributed by atoms with Crippen LogP contribution in [0.25, 0.3) is 10.7 Å². The summed E-state index contributed by atoms with van der Waals surface area (Å²) in [6.45, 7) is 8.18. The normalized spacial score (nSPS) is 21.5. The van der Waals surface area contributed by atoms with Crippen molar-refractivity contribution >= 4 is 27.3 Å². The number of nitrogens with zero attached hydrogens (tertiary/aromatic N) is 4. The molecule has 2 aromatic heterocycles. The monoisotopic (exact) mass is 466 g/mol. The second-order valence-electron chi connectivity index (χ2n) is 8.61. The molecule has 4 rings (SSSR count). The van der Waals surface area contributed by atoms with E-state index in [9.17, 15) is 13.2 Å². The van der Waals surface area contributed by atoms with Crippen molar-refractivity contribution in [2.24, 2.45) is 11.8 Å². The Bertz CT molecular complexity index is 1040. The van der Waals surface area contributed by atoms with Gasteiger partial charge in [-0.1, -0.05) is 19.0 Å². The number of rotatable bonds is 5. The van der Waals surface area contributed by atoms with Crippen LogP contribution in [0.1, 0.15) is 50.3 Å². The maximum absolute atomic E-state index is 13.4. The largest absolute Gasteiger partial charge is 0.342 e. The van der Waals surface area contributed by atoms with Gasteiger partial charge in [0.25, 0.3) is 0 Å². The fourth-order valence-electron chi connectivity index (χ4n) is 4.32. The fraction of sp³-hybridized carbons (Fsp3) is 0.667. The number of amides is 1. The number of hydrogen-bond donors (Lipinski definition) is 0. The van der Waals surface area contributed by atoms with E-state index in [-0.39, 0.29) is 23.3 Å². The van der Waals surface area contributed by atoms with E-state index in [4.69, 9.17) is 4.52 Å². The molecule has 31 heavy (non-hydrogen) atoms. The van der Waals surface area contributed by atoms with Gasteiger partial charge >= 0.3 is 0 Å². The molecule has 0 spiro atoms. The zero-order chi connectivity index (χ0) is 22.2. The second kappa shape index (κ2) is 8.99. The molecule has 2 saturated heterocycles. The lowest BCUT2D eigenvalue weighted by Crippen LogP contribution is -2.48. The number of thiophene rings is 1. The van der Waals surface area contributed by atoms with Crippen molar-refractivity contribution in [3.8, 4) is 10.7 Å². The zero-order valence-corrected chi connectivity index (χ0v) is 20.0. The van der Waals surface area contributed by atoms with Gasteiger partial charge < -0.3 is 9.42 Å². The van der Waals surface area contributed by atoms with Gasteiger partial charge in [0.05, 0.1) is 15.7 Å². The number of carbonyl (C=O) groups is 1. The molecule has 2 aromatic rings. The number of sulfonamides is 1. The molecule has 0 aliphatic carbocycles. The minimum atomic E-state index is -3.70. The summed E-state index contributed by atoms with van der Waals surface area (Å²) in [5.41, 5.74) is 0. The Morgan fingerprint density at radius 3 is 2.68 bits per heavy atom. The summed E-state index contributed by atoms with van der Waals surface area (Å²) in [7, 11) is -3.70. The number of aryl methyl sites for hydroxylation is 2. The summed E-state index contributed by atoms with van der Waals surface area (Å²) in [5.74, 6) is 1.43. The highest BCUT2D eigenvalue weighted by Gasteiger charge is 2.37. The fourth-order valence-corrected chi connectivity index (χ4v) is 7.33. The van der Waals surface area contributed by atoms with Crippen molar-refractivity contribution in [3.05, 3.63) is 16.8 Å². The summed E-state index contributed by atoms with van der Waals surface area (Å²) in [6, 6.07) is 1.64. The van der Waals surface area contributed by atoms with Crippen molar-refractivity contribution in [2.75, 3.05) is 26.2 Å². The van der Waals surface area contributed by atoms with Gasteiger partial charge in [-0.15, -0.1) is 11.3 Å². The van der Waals surface area contributed by atoms with Crippen LogP contribution in [0.4, 0.5) is 0 Å².